The Labute approximate surface area is 158 Å². The molecule has 0 saturated heterocycles. The number of likely N-dealkylation sites (N-methyl/N-ethyl adjacent to an activating group) is 1. The number of rotatable bonds is 8. The molecule has 0 aromatic heterocycles. The molecule has 0 aliphatic heterocycles. The molecule has 2 rings (SSSR count). The van der Waals surface area contributed by atoms with Crippen LogP contribution in [-0.2, 0) is 4.79 Å². The molecule has 4 nitrogen and oxygen atoms in total. The smallest absolute Gasteiger partial charge is 0.230 e. The van der Waals surface area contributed by atoms with Crippen LogP contribution in [0.4, 0.5) is 0 Å². The van der Waals surface area contributed by atoms with Crippen LogP contribution in [0, 0.1) is 0 Å². The number of hydrogen-bond acceptors (Lipinski definition) is 4. The lowest BCUT2D eigenvalue weighted by Crippen LogP contribution is -2.35. The molecule has 134 valence electrons. The van der Waals surface area contributed by atoms with Crippen molar-refractivity contribution in [1.29, 1.82) is 0 Å². The number of carbonyl (C=O) groups is 1. The van der Waals surface area contributed by atoms with Gasteiger partial charge in [-0.15, -0.1) is 11.8 Å². The minimum atomic E-state index is 0.00157. The lowest BCUT2D eigenvalue weighted by atomic mass is 10.0. The number of carbonyl (C=O) groups excluding carboxylic acids is 1. The predicted molar refractivity (Wildman–Crippen MR) is 105 cm³/mol. The maximum Gasteiger partial charge on any atom is 0.230 e. The minimum Gasteiger partial charge on any atom is -0.496 e. The third-order valence-corrected chi connectivity index (χ3v) is 5.06. The Bertz CT molecular complexity index is 692. The first-order valence-electron chi connectivity index (χ1n) is 7.95. The molecule has 0 radical (unpaired) electrons. The van der Waals surface area contributed by atoms with Crippen LogP contribution in [0.1, 0.15) is 11.6 Å². The molecular weight excluding hydrogens is 356 g/mol. The standard InChI is InChI=1S/C19H23ClN2O2S/c1-22(2)17(16-6-4-5-7-18(16)24-3)12-21-19(23)13-25-15-10-8-14(20)9-11-15/h4-11,17H,12-13H2,1-3H3,(H,21,23). The molecule has 1 amide bonds. The summed E-state index contributed by atoms with van der Waals surface area (Å²) in [6.45, 7) is 0.521. The summed E-state index contributed by atoms with van der Waals surface area (Å²) in [5.74, 6) is 1.20. The van der Waals surface area contributed by atoms with E-state index in [4.69, 9.17) is 16.3 Å². The van der Waals surface area contributed by atoms with Gasteiger partial charge >= 0.3 is 0 Å². The van der Waals surface area contributed by atoms with E-state index in [2.05, 4.69) is 10.2 Å². The van der Waals surface area contributed by atoms with Crippen LogP contribution in [0.3, 0.4) is 0 Å². The number of ether oxygens (including phenoxy) is 1. The third-order valence-electron chi connectivity index (χ3n) is 3.80. The Kier molecular flexibility index (Phi) is 7.62. The molecule has 0 heterocycles. The highest BCUT2D eigenvalue weighted by Gasteiger charge is 2.18. The molecule has 0 aliphatic carbocycles. The molecule has 1 atom stereocenters. The quantitative estimate of drug-likeness (QED) is 0.708. The molecule has 0 spiro atoms. The zero-order valence-electron chi connectivity index (χ0n) is 14.7. The zero-order valence-corrected chi connectivity index (χ0v) is 16.2. The number of para-hydroxylation sites is 1. The van der Waals surface area contributed by atoms with Crippen molar-refractivity contribution in [3.63, 3.8) is 0 Å². The largest absolute Gasteiger partial charge is 0.496 e. The fourth-order valence-corrected chi connectivity index (χ4v) is 3.31. The highest BCUT2D eigenvalue weighted by atomic mass is 35.5. The summed E-state index contributed by atoms with van der Waals surface area (Å²) in [5, 5.41) is 3.71. The summed E-state index contributed by atoms with van der Waals surface area (Å²) in [4.78, 5) is 15.3. The van der Waals surface area contributed by atoms with Crippen LogP contribution >= 0.6 is 23.4 Å². The van der Waals surface area contributed by atoms with Crippen LogP contribution in [-0.4, -0.2) is 44.3 Å². The van der Waals surface area contributed by atoms with Gasteiger partial charge in [-0.1, -0.05) is 29.8 Å². The molecule has 2 aromatic carbocycles. The summed E-state index contributed by atoms with van der Waals surface area (Å²) >= 11 is 7.36. The molecule has 1 N–H and O–H groups in total. The summed E-state index contributed by atoms with van der Waals surface area (Å²) in [5.41, 5.74) is 1.06. The molecule has 0 aliphatic rings. The van der Waals surface area contributed by atoms with Crippen LogP contribution < -0.4 is 10.1 Å². The first-order valence-corrected chi connectivity index (χ1v) is 9.32. The van der Waals surface area contributed by atoms with E-state index in [9.17, 15) is 4.79 Å². The maximum atomic E-state index is 12.2. The van der Waals surface area contributed by atoms with E-state index in [1.165, 1.54) is 11.8 Å². The van der Waals surface area contributed by atoms with E-state index < -0.39 is 0 Å². The van der Waals surface area contributed by atoms with E-state index >= 15 is 0 Å². The van der Waals surface area contributed by atoms with Crippen LogP contribution in [0.25, 0.3) is 0 Å². The van der Waals surface area contributed by atoms with Gasteiger partial charge in [-0.25, -0.2) is 0 Å². The second-order valence-corrected chi connectivity index (χ2v) is 7.25. The van der Waals surface area contributed by atoms with Crippen molar-refractivity contribution in [3.05, 3.63) is 59.1 Å². The number of nitrogens with one attached hydrogen (secondary N) is 1. The molecule has 0 bridgehead atoms. The van der Waals surface area contributed by atoms with Crippen molar-refractivity contribution in [1.82, 2.24) is 10.2 Å². The third kappa shape index (κ3) is 5.96. The second kappa shape index (κ2) is 9.70. The molecule has 25 heavy (non-hydrogen) atoms. The number of halogens is 1. The fraction of sp³-hybridized carbons (Fsp3) is 0.316. The van der Waals surface area contributed by atoms with E-state index in [1.807, 2.05) is 62.6 Å². The lowest BCUT2D eigenvalue weighted by molar-refractivity contribution is -0.118. The van der Waals surface area contributed by atoms with Crippen molar-refractivity contribution in [2.75, 3.05) is 33.5 Å². The summed E-state index contributed by atoms with van der Waals surface area (Å²) < 4.78 is 5.44. The zero-order chi connectivity index (χ0) is 18.2. The van der Waals surface area contributed by atoms with Gasteiger partial charge in [0.15, 0.2) is 0 Å². The Morgan fingerprint density at radius 1 is 1.20 bits per heavy atom. The van der Waals surface area contributed by atoms with Gasteiger partial charge in [0, 0.05) is 22.0 Å². The Morgan fingerprint density at radius 2 is 1.88 bits per heavy atom. The van der Waals surface area contributed by atoms with Gasteiger partial charge in [-0.2, -0.15) is 0 Å². The fourth-order valence-electron chi connectivity index (χ4n) is 2.45. The van der Waals surface area contributed by atoms with Gasteiger partial charge in [0.2, 0.25) is 5.91 Å². The molecule has 1 unspecified atom stereocenters. The van der Waals surface area contributed by atoms with E-state index in [-0.39, 0.29) is 11.9 Å². The van der Waals surface area contributed by atoms with Gasteiger partial charge in [-0.05, 0) is 44.4 Å². The molecular formula is C19H23ClN2O2S. The van der Waals surface area contributed by atoms with Crippen molar-refractivity contribution in [2.24, 2.45) is 0 Å². The molecule has 2 aromatic rings. The van der Waals surface area contributed by atoms with Gasteiger partial charge in [0.25, 0.3) is 0 Å². The van der Waals surface area contributed by atoms with Gasteiger partial charge in [-0.3, -0.25) is 4.79 Å². The molecule has 6 heteroatoms. The first kappa shape index (κ1) is 19.6. The first-order chi connectivity index (χ1) is 12.0. The van der Waals surface area contributed by atoms with Gasteiger partial charge in [0.05, 0.1) is 18.9 Å². The van der Waals surface area contributed by atoms with E-state index in [0.717, 1.165) is 16.2 Å². The Hall–Kier alpha value is -1.69. The number of nitrogens with zero attached hydrogens (tertiary/aromatic N) is 1. The normalized spacial score (nSPS) is 12.0. The molecule has 0 saturated carbocycles. The van der Waals surface area contributed by atoms with E-state index in [0.29, 0.717) is 17.3 Å². The average molecular weight is 379 g/mol. The monoisotopic (exact) mass is 378 g/mol. The Balaban J connectivity index is 1.92. The number of amides is 1. The van der Waals surface area contributed by atoms with Crippen molar-refractivity contribution in [2.45, 2.75) is 10.9 Å². The number of thioether (sulfide) groups is 1. The number of benzene rings is 2. The average Bonchev–Trinajstić information content (AvgIpc) is 2.61. The van der Waals surface area contributed by atoms with Crippen LogP contribution in [0.2, 0.25) is 5.02 Å². The van der Waals surface area contributed by atoms with Crippen LogP contribution in [0.15, 0.2) is 53.4 Å². The van der Waals surface area contributed by atoms with Gasteiger partial charge < -0.3 is 15.0 Å². The van der Waals surface area contributed by atoms with Crippen molar-refractivity contribution in [3.8, 4) is 5.75 Å². The maximum absolute atomic E-state index is 12.2. The highest BCUT2D eigenvalue weighted by Crippen LogP contribution is 2.27. The Morgan fingerprint density at radius 3 is 2.52 bits per heavy atom. The topological polar surface area (TPSA) is 41.6 Å². The summed E-state index contributed by atoms with van der Waals surface area (Å²) in [7, 11) is 5.64. The number of hydrogen-bond donors (Lipinski definition) is 1. The lowest BCUT2D eigenvalue weighted by Gasteiger charge is -2.26. The van der Waals surface area contributed by atoms with E-state index in [1.54, 1.807) is 7.11 Å². The van der Waals surface area contributed by atoms with Crippen LogP contribution in [0.5, 0.6) is 5.75 Å². The minimum absolute atomic E-state index is 0.00157. The number of methoxy groups -OCH3 is 1. The highest BCUT2D eigenvalue weighted by molar-refractivity contribution is 8.00. The summed E-state index contributed by atoms with van der Waals surface area (Å²) in [6.07, 6.45) is 0. The second-order valence-electron chi connectivity index (χ2n) is 5.77. The van der Waals surface area contributed by atoms with Crippen molar-refractivity contribution >= 4 is 29.3 Å². The summed E-state index contributed by atoms with van der Waals surface area (Å²) in [6, 6.07) is 15.4. The van der Waals surface area contributed by atoms with Crippen molar-refractivity contribution < 1.29 is 9.53 Å². The SMILES string of the molecule is COc1ccccc1C(CNC(=O)CSc1ccc(Cl)cc1)N(C)C. The molecule has 0 fully saturated rings. The van der Waals surface area contributed by atoms with Gasteiger partial charge in [0.1, 0.15) is 5.75 Å². The predicted octanol–water partition coefficient (Wildman–Crippen LogP) is 3.86.